The molecule has 0 spiro atoms. The average Bonchev–Trinajstić information content (AvgIpc) is 2.91. The van der Waals surface area contributed by atoms with E-state index in [1.54, 1.807) is 24.3 Å². The zero-order valence-corrected chi connectivity index (χ0v) is 16.1. The summed E-state index contributed by atoms with van der Waals surface area (Å²) in [5, 5.41) is 13.8. The molecule has 0 aliphatic carbocycles. The highest BCUT2D eigenvalue weighted by atomic mass is 32.2. The Bertz CT molecular complexity index is 633. The highest BCUT2D eigenvalue weighted by Gasteiger charge is 2.35. The van der Waals surface area contributed by atoms with Crippen molar-refractivity contribution in [3.05, 3.63) is 29.8 Å². The summed E-state index contributed by atoms with van der Waals surface area (Å²) in [6, 6.07) is 6.70. The number of benzene rings is 1. The lowest BCUT2D eigenvalue weighted by Gasteiger charge is -2.23. The molecule has 1 aliphatic rings. The second kappa shape index (κ2) is 9.09. The van der Waals surface area contributed by atoms with E-state index in [9.17, 15) is 13.5 Å². The van der Waals surface area contributed by atoms with Crippen LogP contribution in [0.15, 0.2) is 29.2 Å². The topological polar surface area (TPSA) is 78.9 Å². The first-order chi connectivity index (χ1) is 11.8. The Hall–Kier alpha value is -0.990. The maximum atomic E-state index is 11.5. The second-order valence-electron chi connectivity index (χ2n) is 6.88. The van der Waals surface area contributed by atoms with E-state index in [0.29, 0.717) is 18.0 Å². The smallest absolute Gasteiger partial charge is 0.175 e. The van der Waals surface area contributed by atoms with Crippen molar-refractivity contribution in [3.8, 4) is 0 Å². The zero-order chi connectivity index (χ0) is 18.4. The summed E-state index contributed by atoms with van der Waals surface area (Å²) in [4.78, 5) is 2.51. The Balaban J connectivity index is 1.81. The van der Waals surface area contributed by atoms with Gasteiger partial charge in [0.05, 0.1) is 29.8 Å². The van der Waals surface area contributed by atoms with Gasteiger partial charge in [0.1, 0.15) is 0 Å². The number of rotatable bonds is 9. The van der Waals surface area contributed by atoms with Crippen molar-refractivity contribution in [2.45, 2.75) is 49.5 Å². The molecule has 1 aromatic rings. The molecule has 0 unspecified atom stereocenters. The Kier molecular flexibility index (Phi) is 7.39. The van der Waals surface area contributed by atoms with Crippen LogP contribution in [0.2, 0.25) is 0 Å². The van der Waals surface area contributed by atoms with Gasteiger partial charge in [-0.05, 0) is 37.7 Å². The van der Waals surface area contributed by atoms with E-state index < -0.39 is 15.9 Å². The van der Waals surface area contributed by atoms with Gasteiger partial charge < -0.3 is 20.1 Å². The van der Waals surface area contributed by atoms with Gasteiger partial charge in [-0.25, -0.2) is 8.42 Å². The lowest BCUT2D eigenvalue weighted by atomic mass is 10.1. The normalized spacial score (nSPS) is 24.1. The number of likely N-dealkylation sites (N-methyl/N-ethyl adjacent to an activating group) is 1. The fourth-order valence-corrected chi connectivity index (χ4v) is 3.58. The van der Waals surface area contributed by atoms with Crippen molar-refractivity contribution in [2.75, 3.05) is 33.0 Å². The van der Waals surface area contributed by atoms with Crippen LogP contribution in [0.4, 0.5) is 0 Å². The SMILES string of the molecule is CCCCN(C)C[C@@H]1OC[C@H](NCc2ccc(S(C)(=O)=O)cc2)[C@H]1O. The molecule has 0 saturated carbocycles. The molecule has 1 saturated heterocycles. The van der Waals surface area contributed by atoms with Crippen LogP contribution in [0.5, 0.6) is 0 Å². The molecule has 0 bridgehead atoms. The summed E-state index contributed by atoms with van der Waals surface area (Å²) in [6.07, 6.45) is 2.78. The van der Waals surface area contributed by atoms with Gasteiger partial charge in [0.2, 0.25) is 0 Å². The van der Waals surface area contributed by atoms with Crippen LogP contribution < -0.4 is 5.32 Å². The first-order valence-corrected chi connectivity index (χ1v) is 10.7. The van der Waals surface area contributed by atoms with Gasteiger partial charge in [0.25, 0.3) is 0 Å². The first kappa shape index (κ1) is 20.3. The van der Waals surface area contributed by atoms with Crippen LogP contribution in [0, 0.1) is 0 Å². The van der Waals surface area contributed by atoms with Gasteiger partial charge >= 0.3 is 0 Å². The maximum absolute atomic E-state index is 11.5. The fraction of sp³-hybridized carbons (Fsp3) is 0.667. The van der Waals surface area contributed by atoms with Crippen LogP contribution in [0.3, 0.4) is 0 Å². The molecule has 1 aromatic carbocycles. The van der Waals surface area contributed by atoms with Gasteiger partial charge in [-0.15, -0.1) is 0 Å². The third-order valence-corrected chi connectivity index (χ3v) is 5.72. The van der Waals surface area contributed by atoms with Gasteiger partial charge in [-0.3, -0.25) is 0 Å². The van der Waals surface area contributed by atoms with E-state index >= 15 is 0 Å². The highest BCUT2D eigenvalue weighted by molar-refractivity contribution is 7.90. The van der Waals surface area contributed by atoms with Gasteiger partial charge in [0, 0.05) is 19.3 Å². The number of aliphatic hydroxyl groups is 1. The fourth-order valence-electron chi connectivity index (χ4n) is 2.95. The standard InChI is InChI=1S/C18H30N2O4S/c1-4-5-10-20(2)12-17-18(21)16(13-24-17)19-11-14-6-8-15(9-7-14)25(3,22)23/h6-9,16-19,21H,4-5,10-13H2,1-3H3/t16-,17-,18+/m0/s1. The summed E-state index contributed by atoms with van der Waals surface area (Å²) in [5.41, 5.74) is 0.975. The molecule has 142 valence electrons. The van der Waals surface area contributed by atoms with E-state index in [4.69, 9.17) is 4.74 Å². The minimum absolute atomic E-state index is 0.112. The summed E-state index contributed by atoms with van der Waals surface area (Å²) < 4.78 is 28.7. The summed E-state index contributed by atoms with van der Waals surface area (Å²) in [6.45, 7) is 4.94. The molecule has 3 atom stereocenters. The predicted molar refractivity (Wildman–Crippen MR) is 98.3 cm³/mol. The van der Waals surface area contributed by atoms with Crippen LogP contribution in [-0.2, 0) is 21.1 Å². The molecule has 1 aliphatic heterocycles. The molecule has 1 heterocycles. The molecule has 0 amide bonds. The maximum Gasteiger partial charge on any atom is 0.175 e. The third kappa shape index (κ3) is 6.04. The van der Waals surface area contributed by atoms with Crippen LogP contribution in [0.25, 0.3) is 0 Å². The highest BCUT2D eigenvalue weighted by Crippen LogP contribution is 2.17. The van der Waals surface area contributed by atoms with Crippen molar-refractivity contribution in [2.24, 2.45) is 0 Å². The van der Waals surface area contributed by atoms with E-state index in [1.807, 2.05) is 0 Å². The van der Waals surface area contributed by atoms with E-state index in [2.05, 4.69) is 24.2 Å². The number of hydrogen-bond acceptors (Lipinski definition) is 6. The molecule has 1 fully saturated rings. The number of sulfone groups is 1. The molecule has 7 heteroatoms. The minimum Gasteiger partial charge on any atom is -0.389 e. The van der Waals surface area contributed by atoms with Crippen molar-refractivity contribution >= 4 is 9.84 Å². The van der Waals surface area contributed by atoms with E-state index in [1.165, 1.54) is 6.26 Å². The minimum atomic E-state index is -3.17. The van der Waals surface area contributed by atoms with Crippen LogP contribution in [-0.4, -0.2) is 69.7 Å². The van der Waals surface area contributed by atoms with Crippen molar-refractivity contribution < 1.29 is 18.3 Å². The quantitative estimate of drug-likeness (QED) is 0.676. The number of hydrogen-bond donors (Lipinski definition) is 2. The molecule has 2 rings (SSSR count). The first-order valence-electron chi connectivity index (χ1n) is 8.82. The largest absolute Gasteiger partial charge is 0.389 e. The summed E-state index contributed by atoms with van der Waals surface area (Å²) >= 11 is 0. The monoisotopic (exact) mass is 370 g/mol. The van der Waals surface area contributed by atoms with Crippen molar-refractivity contribution in [1.29, 1.82) is 0 Å². The van der Waals surface area contributed by atoms with E-state index in [0.717, 1.165) is 31.5 Å². The van der Waals surface area contributed by atoms with Gasteiger partial charge in [-0.1, -0.05) is 25.5 Å². The number of nitrogens with one attached hydrogen (secondary N) is 1. The predicted octanol–water partition coefficient (Wildman–Crippen LogP) is 1.04. The number of ether oxygens (including phenoxy) is 1. The molecular formula is C18H30N2O4S. The average molecular weight is 371 g/mol. The Morgan fingerprint density at radius 1 is 1.32 bits per heavy atom. The summed E-state index contributed by atoms with van der Waals surface area (Å²) in [7, 11) is -1.12. The van der Waals surface area contributed by atoms with Gasteiger partial charge in [-0.2, -0.15) is 0 Å². The van der Waals surface area contributed by atoms with E-state index in [-0.39, 0.29) is 12.1 Å². The van der Waals surface area contributed by atoms with Crippen molar-refractivity contribution in [3.63, 3.8) is 0 Å². The third-order valence-electron chi connectivity index (χ3n) is 4.59. The second-order valence-corrected chi connectivity index (χ2v) is 8.90. The Labute approximate surface area is 151 Å². The lowest BCUT2D eigenvalue weighted by Crippen LogP contribution is -2.44. The zero-order valence-electron chi connectivity index (χ0n) is 15.3. The Morgan fingerprint density at radius 3 is 2.60 bits per heavy atom. The molecule has 25 heavy (non-hydrogen) atoms. The number of aliphatic hydroxyl groups excluding tert-OH is 1. The van der Waals surface area contributed by atoms with Crippen LogP contribution in [0.1, 0.15) is 25.3 Å². The number of unbranched alkanes of at least 4 members (excludes halogenated alkanes) is 1. The van der Waals surface area contributed by atoms with Gasteiger partial charge in [0.15, 0.2) is 9.84 Å². The van der Waals surface area contributed by atoms with Crippen LogP contribution >= 0.6 is 0 Å². The lowest BCUT2D eigenvalue weighted by molar-refractivity contribution is 0.0199. The summed E-state index contributed by atoms with van der Waals surface area (Å²) in [5.74, 6) is 0. The molecule has 0 aromatic heterocycles. The molecule has 6 nitrogen and oxygen atoms in total. The van der Waals surface area contributed by atoms with Crippen molar-refractivity contribution in [1.82, 2.24) is 10.2 Å². The Morgan fingerprint density at radius 2 is 2.00 bits per heavy atom. The number of nitrogens with zero attached hydrogens (tertiary/aromatic N) is 1. The molecular weight excluding hydrogens is 340 g/mol. The molecule has 2 N–H and O–H groups in total. The molecule has 0 radical (unpaired) electrons.